The van der Waals surface area contributed by atoms with Crippen LogP contribution in [0.1, 0.15) is 25.6 Å². The fourth-order valence-electron chi connectivity index (χ4n) is 2.09. The van der Waals surface area contributed by atoms with E-state index in [9.17, 15) is 4.79 Å². The Morgan fingerprint density at radius 3 is 3.06 bits per heavy atom. The normalized spacial score (nSPS) is 20.7. The van der Waals surface area contributed by atoms with Crippen LogP contribution < -0.4 is 0 Å². The average molecular weight is 239 g/mol. The molecule has 0 saturated carbocycles. The number of hydrogen-bond acceptors (Lipinski definition) is 6. The molecule has 1 aromatic heterocycles. The highest BCUT2D eigenvalue weighted by atomic mass is 16.5. The Bertz CT molecular complexity index is 392. The standard InChI is InChI=1S/C10H17N5O2/c1-3-17-10(16)8-5-4-6-15(8)7-9-11-13-14(2)12-9/h8H,3-7H2,1-2H3. The zero-order valence-electron chi connectivity index (χ0n) is 10.2. The number of aryl methyl sites for hydroxylation is 1. The molecule has 0 aliphatic carbocycles. The maximum atomic E-state index is 11.7. The lowest BCUT2D eigenvalue weighted by Gasteiger charge is -2.20. The van der Waals surface area contributed by atoms with Crippen molar-refractivity contribution in [1.29, 1.82) is 0 Å². The Kier molecular flexibility index (Phi) is 3.68. The van der Waals surface area contributed by atoms with Gasteiger partial charge in [-0.3, -0.25) is 9.69 Å². The first-order valence-corrected chi connectivity index (χ1v) is 5.84. The minimum Gasteiger partial charge on any atom is -0.465 e. The van der Waals surface area contributed by atoms with Crippen molar-refractivity contribution in [2.45, 2.75) is 32.4 Å². The van der Waals surface area contributed by atoms with Gasteiger partial charge in [-0.2, -0.15) is 4.80 Å². The van der Waals surface area contributed by atoms with Crippen molar-refractivity contribution >= 4 is 5.97 Å². The Balaban J connectivity index is 1.97. The number of rotatable bonds is 4. The van der Waals surface area contributed by atoms with Gasteiger partial charge >= 0.3 is 5.97 Å². The molecule has 0 N–H and O–H groups in total. The molecule has 1 aromatic rings. The van der Waals surface area contributed by atoms with Crippen LogP contribution in [0.4, 0.5) is 0 Å². The number of carbonyl (C=O) groups is 1. The second-order valence-corrected chi connectivity index (χ2v) is 4.08. The molecule has 2 rings (SSSR count). The number of carbonyl (C=O) groups excluding carboxylic acids is 1. The molecule has 1 unspecified atom stereocenters. The van der Waals surface area contributed by atoms with Crippen molar-refractivity contribution in [3.05, 3.63) is 5.82 Å². The summed E-state index contributed by atoms with van der Waals surface area (Å²) in [6, 6.07) is -0.154. The molecule has 0 aromatic carbocycles. The van der Waals surface area contributed by atoms with Crippen LogP contribution in [0.3, 0.4) is 0 Å². The molecule has 1 aliphatic heterocycles. The molecule has 1 fully saturated rings. The Morgan fingerprint density at radius 2 is 2.41 bits per heavy atom. The summed E-state index contributed by atoms with van der Waals surface area (Å²) in [6.45, 7) is 3.67. The predicted octanol–water partition coefficient (Wildman–Crippen LogP) is -0.262. The number of ether oxygens (including phenoxy) is 1. The summed E-state index contributed by atoms with van der Waals surface area (Å²) in [5.74, 6) is 0.498. The first-order chi connectivity index (χ1) is 8.20. The molecule has 7 heteroatoms. The molecule has 2 heterocycles. The summed E-state index contributed by atoms with van der Waals surface area (Å²) in [7, 11) is 1.73. The van der Waals surface area contributed by atoms with Crippen molar-refractivity contribution in [3.8, 4) is 0 Å². The van der Waals surface area contributed by atoms with E-state index in [1.807, 2.05) is 6.92 Å². The molecule has 0 amide bonds. The van der Waals surface area contributed by atoms with Crippen LogP contribution in [-0.2, 0) is 23.1 Å². The zero-order valence-corrected chi connectivity index (χ0v) is 10.2. The van der Waals surface area contributed by atoms with Gasteiger partial charge in [0.1, 0.15) is 6.04 Å². The van der Waals surface area contributed by atoms with Crippen molar-refractivity contribution < 1.29 is 9.53 Å². The largest absolute Gasteiger partial charge is 0.465 e. The van der Waals surface area contributed by atoms with Gasteiger partial charge in [-0.15, -0.1) is 10.2 Å². The zero-order chi connectivity index (χ0) is 12.3. The third-order valence-corrected chi connectivity index (χ3v) is 2.82. The molecule has 17 heavy (non-hydrogen) atoms. The van der Waals surface area contributed by atoms with E-state index in [-0.39, 0.29) is 12.0 Å². The number of likely N-dealkylation sites (tertiary alicyclic amines) is 1. The first kappa shape index (κ1) is 12.0. The van der Waals surface area contributed by atoms with Gasteiger partial charge in [0.2, 0.25) is 0 Å². The second-order valence-electron chi connectivity index (χ2n) is 4.08. The molecule has 94 valence electrons. The molecule has 0 spiro atoms. The van der Waals surface area contributed by atoms with Gasteiger partial charge in [0.25, 0.3) is 0 Å². The van der Waals surface area contributed by atoms with Crippen LogP contribution in [0.25, 0.3) is 0 Å². The Morgan fingerprint density at radius 1 is 1.59 bits per heavy atom. The summed E-state index contributed by atoms with van der Waals surface area (Å²) in [6.07, 6.45) is 1.85. The number of esters is 1. The lowest BCUT2D eigenvalue weighted by molar-refractivity contribution is -0.148. The Hall–Kier alpha value is -1.50. The molecule has 1 atom stereocenters. The van der Waals surface area contributed by atoms with Crippen LogP contribution in [0.5, 0.6) is 0 Å². The van der Waals surface area contributed by atoms with Crippen LogP contribution >= 0.6 is 0 Å². The Labute approximate surface area is 99.7 Å². The van der Waals surface area contributed by atoms with Crippen LogP contribution in [-0.4, -0.2) is 50.3 Å². The number of tetrazole rings is 1. The van der Waals surface area contributed by atoms with E-state index >= 15 is 0 Å². The minimum atomic E-state index is -0.154. The van der Waals surface area contributed by atoms with E-state index in [1.165, 1.54) is 4.80 Å². The maximum Gasteiger partial charge on any atom is 0.323 e. The van der Waals surface area contributed by atoms with Crippen molar-refractivity contribution in [2.75, 3.05) is 13.2 Å². The van der Waals surface area contributed by atoms with Crippen LogP contribution in [0.15, 0.2) is 0 Å². The van der Waals surface area contributed by atoms with Gasteiger partial charge in [-0.05, 0) is 31.5 Å². The third kappa shape index (κ3) is 2.79. The fraction of sp³-hybridized carbons (Fsp3) is 0.800. The van der Waals surface area contributed by atoms with E-state index in [0.29, 0.717) is 19.0 Å². The monoisotopic (exact) mass is 239 g/mol. The van der Waals surface area contributed by atoms with Crippen molar-refractivity contribution in [2.24, 2.45) is 7.05 Å². The number of aromatic nitrogens is 4. The van der Waals surface area contributed by atoms with Crippen molar-refractivity contribution in [1.82, 2.24) is 25.1 Å². The number of nitrogens with zero attached hydrogens (tertiary/aromatic N) is 5. The molecular formula is C10H17N5O2. The lowest BCUT2D eigenvalue weighted by atomic mass is 10.2. The van der Waals surface area contributed by atoms with Gasteiger partial charge in [-0.1, -0.05) is 0 Å². The van der Waals surface area contributed by atoms with E-state index in [1.54, 1.807) is 7.05 Å². The quantitative estimate of drug-likeness (QED) is 0.674. The van der Waals surface area contributed by atoms with E-state index in [0.717, 1.165) is 19.4 Å². The van der Waals surface area contributed by atoms with E-state index in [4.69, 9.17) is 4.74 Å². The third-order valence-electron chi connectivity index (χ3n) is 2.82. The lowest BCUT2D eigenvalue weighted by Crippen LogP contribution is -2.37. The van der Waals surface area contributed by atoms with E-state index < -0.39 is 0 Å². The van der Waals surface area contributed by atoms with Gasteiger partial charge in [0.15, 0.2) is 5.82 Å². The molecule has 1 saturated heterocycles. The summed E-state index contributed by atoms with van der Waals surface area (Å²) in [5.41, 5.74) is 0. The van der Waals surface area contributed by atoms with Crippen molar-refractivity contribution in [3.63, 3.8) is 0 Å². The first-order valence-electron chi connectivity index (χ1n) is 5.84. The average Bonchev–Trinajstić information content (AvgIpc) is 2.89. The van der Waals surface area contributed by atoms with Crippen LogP contribution in [0, 0.1) is 0 Å². The smallest absolute Gasteiger partial charge is 0.323 e. The summed E-state index contributed by atoms with van der Waals surface area (Å²) in [4.78, 5) is 15.2. The van der Waals surface area contributed by atoms with Gasteiger partial charge in [0, 0.05) is 0 Å². The van der Waals surface area contributed by atoms with Gasteiger partial charge in [-0.25, -0.2) is 0 Å². The SMILES string of the molecule is CCOC(=O)C1CCCN1Cc1nnn(C)n1. The van der Waals surface area contributed by atoms with E-state index in [2.05, 4.69) is 20.3 Å². The summed E-state index contributed by atoms with van der Waals surface area (Å²) >= 11 is 0. The molecule has 0 bridgehead atoms. The highest BCUT2D eigenvalue weighted by molar-refractivity contribution is 5.76. The molecule has 1 aliphatic rings. The summed E-state index contributed by atoms with van der Waals surface area (Å²) < 4.78 is 5.06. The van der Waals surface area contributed by atoms with Gasteiger partial charge in [0.05, 0.1) is 20.2 Å². The molecule has 7 nitrogen and oxygen atoms in total. The minimum absolute atomic E-state index is 0.145. The maximum absolute atomic E-state index is 11.7. The number of hydrogen-bond donors (Lipinski definition) is 0. The summed E-state index contributed by atoms with van der Waals surface area (Å²) in [5, 5.41) is 11.8. The van der Waals surface area contributed by atoms with Gasteiger partial charge < -0.3 is 4.74 Å². The highest BCUT2D eigenvalue weighted by Crippen LogP contribution is 2.19. The second kappa shape index (κ2) is 5.22. The molecule has 0 radical (unpaired) electrons. The predicted molar refractivity (Wildman–Crippen MR) is 58.9 cm³/mol. The fourth-order valence-corrected chi connectivity index (χ4v) is 2.09. The van der Waals surface area contributed by atoms with Crippen LogP contribution in [0.2, 0.25) is 0 Å². The molecular weight excluding hydrogens is 222 g/mol. The highest BCUT2D eigenvalue weighted by Gasteiger charge is 2.32. The topological polar surface area (TPSA) is 73.1 Å².